The Kier molecular flexibility index (Phi) is 6.22. The van der Waals surface area contributed by atoms with Crippen LogP contribution in [0.15, 0.2) is 6.33 Å². The summed E-state index contributed by atoms with van der Waals surface area (Å²) < 4.78 is 5.21. The van der Waals surface area contributed by atoms with Gasteiger partial charge in [-0.25, -0.2) is 9.97 Å². The van der Waals surface area contributed by atoms with E-state index in [1.807, 2.05) is 6.92 Å². The van der Waals surface area contributed by atoms with Crippen LogP contribution >= 0.6 is 0 Å². The predicted octanol–water partition coefficient (Wildman–Crippen LogP) is 2.56. The fourth-order valence-electron chi connectivity index (χ4n) is 4.99. The zero-order valence-corrected chi connectivity index (χ0v) is 18.4. The highest BCUT2D eigenvalue weighted by molar-refractivity contribution is 5.77. The van der Waals surface area contributed by atoms with Crippen molar-refractivity contribution >= 4 is 23.3 Å². The number of piperidine rings is 2. The number of carbonyl (C=O) groups is 1. The Bertz CT molecular complexity index is 720. The highest BCUT2D eigenvalue weighted by Gasteiger charge is 2.38. The molecule has 0 saturated carbocycles. The average Bonchev–Trinajstić information content (AvgIpc) is 2.61. The molecule has 0 bridgehead atoms. The van der Waals surface area contributed by atoms with Gasteiger partial charge < -0.3 is 26.0 Å². The number of nitrogens with zero attached hydrogens (tertiary/aromatic N) is 3. The molecule has 0 aromatic carbocycles. The molecule has 1 aromatic rings. The summed E-state index contributed by atoms with van der Waals surface area (Å²) in [6.45, 7) is 12.5. The number of nitrogens with two attached hydrogens (primary N) is 1. The van der Waals surface area contributed by atoms with E-state index in [4.69, 9.17) is 10.5 Å². The molecule has 3 heterocycles. The van der Waals surface area contributed by atoms with E-state index < -0.39 is 0 Å². The third-order valence-electron chi connectivity index (χ3n) is 5.73. The maximum atomic E-state index is 12.2. The zero-order valence-electron chi connectivity index (χ0n) is 18.4. The lowest BCUT2D eigenvalue weighted by atomic mass is 9.79. The van der Waals surface area contributed by atoms with Crippen LogP contribution in [0.4, 0.5) is 17.3 Å². The first-order valence-electron chi connectivity index (χ1n) is 10.7. The van der Waals surface area contributed by atoms with Gasteiger partial charge in [0.25, 0.3) is 0 Å². The van der Waals surface area contributed by atoms with Crippen LogP contribution in [-0.4, -0.2) is 52.8 Å². The number of aromatic nitrogens is 2. The Morgan fingerprint density at radius 2 is 2.00 bits per heavy atom. The van der Waals surface area contributed by atoms with E-state index in [1.165, 1.54) is 0 Å². The molecule has 1 unspecified atom stereocenters. The van der Waals surface area contributed by atoms with Crippen LogP contribution in [0.1, 0.15) is 60.3 Å². The van der Waals surface area contributed by atoms with E-state index in [0.29, 0.717) is 30.5 Å². The van der Waals surface area contributed by atoms with Gasteiger partial charge in [0.2, 0.25) is 0 Å². The van der Waals surface area contributed by atoms with Gasteiger partial charge in [-0.1, -0.05) is 0 Å². The van der Waals surface area contributed by atoms with Crippen molar-refractivity contribution in [2.24, 2.45) is 5.92 Å². The van der Waals surface area contributed by atoms with E-state index in [9.17, 15) is 4.79 Å². The second-order valence-electron chi connectivity index (χ2n) is 9.64. The summed E-state index contributed by atoms with van der Waals surface area (Å²) in [6, 6.07) is 0.264. The molecule has 3 rings (SSSR count). The molecule has 8 heteroatoms. The highest BCUT2D eigenvalue weighted by atomic mass is 16.5. The summed E-state index contributed by atoms with van der Waals surface area (Å²) >= 11 is 0. The van der Waals surface area contributed by atoms with Gasteiger partial charge in [0.15, 0.2) is 11.6 Å². The summed E-state index contributed by atoms with van der Waals surface area (Å²) in [4.78, 5) is 23.1. The Hall–Kier alpha value is -2.09. The van der Waals surface area contributed by atoms with Gasteiger partial charge >= 0.3 is 5.97 Å². The van der Waals surface area contributed by atoms with Gasteiger partial charge in [0, 0.05) is 30.2 Å². The second-order valence-corrected chi connectivity index (χ2v) is 9.64. The quantitative estimate of drug-likeness (QED) is 0.643. The first-order valence-corrected chi connectivity index (χ1v) is 10.7. The van der Waals surface area contributed by atoms with Gasteiger partial charge in [-0.15, -0.1) is 0 Å². The average molecular weight is 405 g/mol. The van der Waals surface area contributed by atoms with E-state index in [1.54, 1.807) is 6.33 Å². The third kappa shape index (κ3) is 5.29. The Labute approximate surface area is 174 Å². The molecule has 1 atom stereocenters. The predicted molar refractivity (Wildman–Crippen MR) is 116 cm³/mol. The standard InChI is InChI=1S/C21H36N6O2/c1-6-29-19(28)14-8-7-9-27(12-14)18-16(22)17(23-13-24-18)25-15-10-20(2,3)26-21(4,5)11-15/h13-15,26H,6-12,22H2,1-5H3,(H,23,24,25). The van der Waals surface area contributed by atoms with Gasteiger partial charge in [0.05, 0.1) is 12.5 Å². The number of rotatable bonds is 5. The minimum absolute atomic E-state index is 0.0315. The maximum Gasteiger partial charge on any atom is 0.310 e. The molecule has 2 aliphatic heterocycles. The van der Waals surface area contributed by atoms with Crippen LogP contribution in [0.25, 0.3) is 0 Å². The summed E-state index contributed by atoms with van der Waals surface area (Å²) in [5, 5.41) is 7.25. The van der Waals surface area contributed by atoms with Crippen molar-refractivity contribution in [1.82, 2.24) is 15.3 Å². The van der Waals surface area contributed by atoms with Crippen molar-refractivity contribution in [3.8, 4) is 0 Å². The molecule has 2 aliphatic rings. The van der Waals surface area contributed by atoms with Crippen LogP contribution in [0.5, 0.6) is 0 Å². The maximum absolute atomic E-state index is 12.2. The highest BCUT2D eigenvalue weighted by Crippen LogP contribution is 2.34. The molecular weight excluding hydrogens is 368 g/mol. The van der Waals surface area contributed by atoms with Crippen LogP contribution < -0.4 is 21.3 Å². The smallest absolute Gasteiger partial charge is 0.310 e. The zero-order chi connectivity index (χ0) is 21.2. The van der Waals surface area contributed by atoms with Gasteiger partial charge in [-0.3, -0.25) is 4.79 Å². The monoisotopic (exact) mass is 404 g/mol. The lowest BCUT2D eigenvalue weighted by Crippen LogP contribution is -2.60. The molecule has 162 valence electrons. The van der Waals surface area contributed by atoms with E-state index >= 15 is 0 Å². The second kappa shape index (κ2) is 8.34. The molecule has 0 spiro atoms. The normalized spacial score (nSPS) is 24.2. The number of hydrogen-bond donors (Lipinski definition) is 3. The van der Waals surface area contributed by atoms with Gasteiger partial charge in [-0.2, -0.15) is 0 Å². The van der Waals surface area contributed by atoms with Gasteiger partial charge in [-0.05, 0) is 60.3 Å². The van der Waals surface area contributed by atoms with Crippen molar-refractivity contribution in [2.45, 2.75) is 77.4 Å². The van der Waals surface area contributed by atoms with E-state index in [0.717, 1.165) is 32.2 Å². The van der Waals surface area contributed by atoms with E-state index in [2.05, 4.69) is 53.2 Å². The number of nitrogens with one attached hydrogen (secondary N) is 2. The summed E-state index contributed by atoms with van der Waals surface area (Å²) in [6.07, 6.45) is 5.25. The molecule has 0 aliphatic carbocycles. The number of hydrogen-bond acceptors (Lipinski definition) is 8. The minimum atomic E-state index is -0.138. The SMILES string of the molecule is CCOC(=O)C1CCCN(c2ncnc(NC3CC(C)(C)NC(C)(C)C3)c2N)C1. The van der Waals surface area contributed by atoms with Crippen molar-refractivity contribution in [3.05, 3.63) is 6.33 Å². The summed E-state index contributed by atoms with van der Waals surface area (Å²) in [5.74, 6) is 1.10. The Morgan fingerprint density at radius 3 is 2.66 bits per heavy atom. The number of anilines is 3. The first-order chi connectivity index (χ1) is 13.6. The largest absolute Gasteiger partial charge is 0.466 e. The van der Waals surface area contributed by atoms with Crippen molar-refractivity contribution < 1.29 is 9.53 Å². The lowest BCUT2D eigenvalue weighted by Gasteiger charge is -2.46. The van der Waals surface area contributed by atoms with Crippen LogP contribution in [-0.2, 0) is 9.53 Å². The Morgan fingerprint density at radius 1 is 1.31 bits per heavy atom. The third-order valence-corrected chi connectivity index (χ3v) is 5.73. The first kappa shape index (κ1) is 21.6. The van der Waals surface area contributed by atoms with E-state index in [-0.39, 0.29) is 29.0 Å². The van der Waals surface area contributed by atoms with Crippen LogP contribution in [0.3, 0.4) is 0 Å². The number of nitrogen functional groups attached to an aromatic ring is 1. The van der Waals surface area contributed by atoms with Gasteiger partial charge in [0.1, 0.15) is 12.0 Å². The molecule has 1 aromatic heterocycles. The molecule has 2 saturated heterocycles. The Balaban J connectivity index is 1.75. The molecule has 0 amide bonds. The molecule has 4 N–H and O–H groups in total. The van der Waals surface area contributed by atoms with Crippen LogP contribution in [0.2, 0.25) is 0 Å². The number of carbonyl (C=O) groups excluding carboxylic acids is 1. The number of ether oxygens (including phenoxy) is 1. The lowest BCUT2D eigenvalue weighted by molar-refractivity contribution is -0.148. The van der Waals surface area contributed by atoms with Crippen molar-refractivity contribution in [3.63, 3.8) is 0 Å². The molecule has 8 nitrogen and oxygen atoms in total. The topological polar surface area (TPSA) is 105 Å². The molecule has 0 radical (unpaired) electrons. The fourth-order valence-corrected chi connectivity index (χ4v) is 4.99. The fraction of sp³-hybridized carbons (Fsp3) is 0.762. The van der Waals surface area contributed by atoms with Crippen molar-refractivity contribution in [1.29, 1.82) is 0 Å². The summed E-state index contributed by atoms with van der Waals surface area (Å²) in [7, 11) is 0. The summed E-state index contributed by atoms with van der Waals surface area (Å²) in [5.41, 5.74) is 7.10. The molecular formula is C21H36N6O2. The molecule has 2 fully saturated rings. The van der Waals surface area contributed by atoms with Crippen LogP contribution in [0, 0.1) is 5.92 Å². The minimum Gasteiger partial charge on any atom is -0.466 e. The number of esters is 1. The molecule has 29 heavy (non-hydrogen) atoms. The van der Waals surface area contributed by atoms with Crippen molar-refractivity contribution in [2.75, 3.05) is 35.6 Å².